The van der Waals surface area contributed by atoms with Crippen molar-refractivity contribution in [3.63, 3.8) is 0 Å². The highest BCUT2D eigenvalue weighted by Gasteiger charge is 2.63. The number of hydrogen-bond acceptors (Lipinski definition) is 1. The molecular weight excluding hydrogens is 322 g/mol. The molecule has 2 saturated carbocycles. The third-order valence-corrected chi connectivity index (χ3v) is 5.55. The molecular formula is C15H16F6N2. The Labute approximate surface area is 128 Å². The van der Waals surface area contributed by atoms with Gasteiger partial charge in [-0.2, -0.15) is 18.3 Å². The Hall–Kier alpha value is -1.21. The van der Waals surface area contributed by atoms with Crippen molar-refractivity contribution >= 4 is 0 Å². The van der Waals surface area contributed by atoms with Gasteiger partial charge in [0.1, 0.15) is 6.17 Å². The van der Waals surface area contributed by atoms with Gasteiger partial charge >= 0.3 is 6.18 Å². The Morgan fingerprint density at radius 3 is 2.30 bits per heavy atom. The summed E-state index contributed by atoms with van der Waals surface area (Å²) in [6.07, 6.45) is -5.80. The van der Waals surface area contributed by atoms with Crippen molar-refractivity contribution in [2.45, 2.75) is 69.3 Å². The maximum absolute atomic E-state index is 14.2. The fourth-order valence-corrected chi connectivity index (χ4v) is 4.73. The van der Waals surface area contributed by atoms with Gasteiger partial charge in [0.15, 0.2) is 5.69 Å². The minimum Gasteiger partial charge on any atom is -0.263 e. The van der Waals surface area contributed by atoms with Gasteiger partial charge in [0, 0.05) is 18.4 Å². The minimum atomic E-state index is -4.63. The lowest BCUT2D eigenvalue weighted by molar-refractivity contribution is -0.205. The predicted molar refractivity (Wildman–Crippen MR) is 69.0 cm³/mol. The first kappa shape index (κ1) is 15.3. The van der Waals surface area contributed by atoms with E-state index in [1.165, 1.54) is 0 Å². The third kappa shape index (κ3) is 2.12. The zero-order valence-electron chi connectivity index (χ0n) is 12.4. The molecule has 8 heteroatoms. The number of aromatic nitrogens is 2. The summed E-state index contributed by atoms with van der Waals surface area (Å²) >= 11 is 0. The van der Waals surface area contributed by atoms with Crippen LogP contribution in [0.4, 0.5) is 26.3 Å². The Morgan fingerprint density at radius 1 is 1.17 bits per heavy atom. The number of rotatable bonds is 1. The largest absolute Gasteiger partial charge is 0.435 e. The Balaban J connectivity index is 1.65. The highest BCUT2D eigenvalue weighted by atomic mass is 19.4. The highest BCUT2D eigenvalue weighted by molar-refractivity contribution is 5.38. The molecule has 1 aromatic rings. The van der Waals surface area contributed by atoms with E-state index in [1.807, 2.05) is 0 Å². The Bertz CT molecular complexity index is 646. The lowest BCUT2D eigenvalue weighted by atomic mass is 9.52. The second-order valence-corrected chi connectivity index (χ2v) is 7.47. The van der Waals surface area contributed by atoms with E-state index in [4.69, 9.17) is 0 Å². The average molecular weight is 338 g/mol. The lowest BCUT2D eigenvalue weighted by Crippen LogP contribution is -2.54. The van der Waals surface area contributed by atoms with E-state index >= 15 is 0 Å². The van der Waals surface area contributed by atoms with Crippen molar-refractivity contribution in [3.8, 4) is 0 Å². The van der Waals surface area contributed by atoms with Crippen LogP contribution in [0.15, 0.2) is 0 Å². The second kappa shape index (κ2) is 4.25. The number of alkyl halides is 6. The molecule has 128 valence electrons. The molecule has 1 heterocycles. The summed E-state index contributed by atoms with van der Waals surface area (Å²) in [5.41, 5.74) is -1.54. The molecule has 2 nitrogen and oxygen atoms in total. The third-order valence-electron chi connectivity index (χ3n) is 5.55. The first-order valence-corrected chi connectivity index (χ1v) is 7.73. The molecule has 3 aliphatic carbocycles. The fraction of sp³-hybridized carbons (Fsp3) is 0.800. The van der Waals surface area contributed by atoms with E-state index in [0.717, 1.165) is 4.68 Å². The molecule has 1 aromatic heterocycles. The van der Waals surface area contributed by atoms with Crippen LogP contribution in [0.1, 0.15) is 74.1 Å². The van der Waals surface area contributed by atoms with Gasteiger partial charge in [0.25, 0.3) is 0 Å². The van der Waals surface area contributed by atoms with Crippen molar-refractivity contribution < 1.29 is 26.3 Å². The second-order valence-electron chi connectivity index (χ2n) is 7.47. The first-order valence-electron chi connectivity index (χ1n) is 7.73. The monoisotopic (exact) mass is 338 g/mol. The lowest BCUT2D eigenvalue weighted by Gasteiger charge is -2.57. The fourth-order valence-electron chi connectivity index (χ4n) is 4.73. The molecule has 23 heavy (non-hydrogen) atoms. The van der Waals surface area contributed by atoms with E-state index in [9.17, 15) is 26.3 Å². The molecule has 0 amide bonds. The minimum absolute atomic E-state index is 0.00996. The molecule has 0 radical (unpaired) electrons. The predicted octanol–water partition coefficient (Wildman–Crippen LogP) is 5.17. The van der Waals surface area contributed by atoms with Gasteiger partial charge in [-0.15, -0.1) is 0 Å². The number of halogens is 6. The van der Waals surface area contributed by atoms with Gasteiger partial charge in [-0.1, -0.05) is 6.92 Å². The van der Waals surface area contributed by atoms with Crippen LogP contribution < -0.4 is 0 Å². The standard InChI is InChI=1S/C15H16F6N2/c1-7-2-9(16)11-10(7)12(15(19,20)21)22-23(11)8-3-13(4-8)5-14(17,18)6-13/h7-9H,2-6H2,1H3. The topological polar surface area (TPSA) is 17.8 Å². The molecule has 0 saturated heterocycles. The van der Waals surface area contributed by atoms with Gasteiger partial charge in [0.2, 0.25) is 5.92 Å². The van der Waals surface area contributed by atoms with Gasteiger partial charge in [-0.25, -0.2) is 13.2 Å². The molecule has 2 fully saturated rings. The SMILES string of the molecule is CC1CC(F)c2c1c(C(F)(F)F)nn2C1CC2(C1)CC(F)(F)C2. The molecule has 1 spiro atoms. The normalized spacial score (nSPS) is 31.8. The van der Waals surface area contributed by atoms with Crippen LogP contribution >= 0.6 is 0 Å². The molecule has 2 atom stereocenters. The maximum Gasteiger partial charge on any atom is 0.435 e. The van der Waals surface area contributed by atoms with Crippen LogP contribution in [0.2, 0.25) is 0 Å². The molecule has 4 rings (SSSR count). The van der Waals surface area contributed by atoms with Crippen LogP contribution in [-0.2, 0) is 6.18 Å². The summed E-state index contributed by atoms with van der Waals surface area (Å²) in [6, 6.07) is -0.403. The first-order chi connectivity index (χ1) is 10.5. The molecule has 2 unspecified atom stereocenters. The summed E-state index contributed by atoms with van der Waals surface area (Å²) in [6.45, 7) is 1.56. The zero-order chi connectivity index (χ0) is 16.8. The van der Waals surface area contributed by atoms with Crippen LogP contribution in [0.5, 0.6) is 0 Å². The van der Waals surface area contributed by atoms with Gasteiger partial charge in [0.05, 0.1) is 11.7 Å². The summed E-state index contributed by atoms with van der Waals surface area (Å²) in [5, 5.41) is 3.65. The molecule has 3 aliphatic rings. The van der Waals surface area contributed by atoms with Crippen LogP contribution in [0.25, 0.3) is 0 Å². The van der Waals surface area contributed by atoms with Crippen molar-refractivity contribution in [1.82, 2.24) is 9.78 Å². The van der Waals surface area contributed by atoms with Crippen molar-refractivity contribution in [2.75, 3.05) is 0 Å². The number of hydrogen-bond donors (Lipinski definition) is 0. The molecule has 0 bridgehead atoms. The Morgan fingerprint density at radius 2 is 1.78 bits per heavy atom. The van der Waals surface area contributed by atoms with Crippen molar-refractivity contribution in [1.29, 1.82) is 0 Å². The van der Waals surface area contributed by atoms with E-state index in [1.54, 1.807) is 6.92 Å². The van der Waals surface area contributed by atoms with Crippen molar-refractivity contribution in [2.24, 2.45) is 5.41 Å². The van der Waals surface area contributed by atoms with Gasteiger partial charge in [-0.05, 0) is 30.6 Å². The Kier molecular flexibility index (Phi) is 2.83. The maximum atomic E-state index is 14.2. The number of nitrogens with zero attached hydrogens (tertiary/aromatic N) is 2. The molecule has 0 aliphatic heterocycles. The molecule has 0 aromatic carbocycles. The average Bonchev–Trinajstić information content (AvgIpc) is 2.82. The summed E-state index contributed by atoms with van der Waals surface area (Å²) in [5.74, 6) is -3.20. The van der Waals surface area contributed by atoms with Gasteiger partial charge in [-0.3, -0.25) is 4.68 Å². The highest BCUT2D eigenvalue weighted by Crippen LogP contribution is 2.66. The smallest absolute Gasteiger partial charge is 0.263 e. The van der Waals surface area contributed by atoms with Gasteiger partial charge < -0.3 is 0 Å². The summed E-state index contributed by atoms with van der Waals surface area (Å²) in [4.78, 5) is 0. The summed E-state index contributed by atoms with van der Waals surface area (Å²) < 4.78 is 81.0. The molecule has 0 N–H and O–H groups in total. The van der Waals surface area contributed by atoms with E-state index in [0.29, 0.717) is 12.8 Å². The quantitative estimate of drug-likeness (QED) is 0.646. The van der Waals surface area contributed by atoms with Crippen LogP contribution in [0, 0.1) is 5.41 Å². The van der Waals surface area contributed by atoms with E-state index < -0.39 is 41.3 Å². The van der Waals surface area contributed by atoms with Crippen molar-refractivity contribution in [3.05, 3.63) is 17.0 Å². The van der Waals surface area contributed by atoms with E-state index in [2.05, 4.69) is 5.10 Å². The number of fused-ring (bicyclic) bond motifs is 1. The zero-order valence-corrected chi connectivity index (χ0v) is 12.4. The van der Waals surface area contributed by atoms with Crippen LogP contribution in [0.3, 0.4) is 0 Å². The van der Waals surface area contributed by atoms with E-state index in [-0.39, 0.29) is 30.5 Å². The summed E-state index contributed by atoms with van der Waals surface area (Å²) in [7, 11) is 0. The van der Waals surface area contributed by atoms with Crippen LogP contribution in [-0.4, -0.2) is 15.7 Å².